The number of carbonyl (C=O) groups excluding carboxylic acids is 1. The molecular weight excluding hydrogens is 230 g/mol. The van der Waals surface area contributed by atoms with Crippen LogP contribution in [-0.4, -0.2) is 17.2 Å². The highest BCUT2D eigenvalue weighted by atomic mass is 16.5. The SMILES string of the molecule is C=CC(N)NC(=O)c1cc(-c2ccccc2)on1. The summed E-state index contributed by atoms with van der Waals surface area (Å²) in [5, 5.41) is 6.21. The molecule has 1 atom stereocenters. The Hall–Kier alpha value is -2.40. The van der Waals surface area contributed by atoms with E-state index in [0.29, 0.717) is 5.76 Å². The maximum absolute atomic E-state index is 11.7. The fraction of sp³-hybridized carbons (Fsp3) is 0.0769. The molecule has 1 amide bonds. The van der Waals surface area contributed by atoms with Crippen molar-refractivity contribution in [2.24, 2.45) is 5.73 Å². The van der Waals surface area contributed by atoms with Crippen LogP contribution in [-0.2, 0) is 0 Å². The van der Waals surface area contributed by atoms with Crippen molar-refractivity contribution >= 4 is 5.91 Å². The number of hydrogen-bond acceptors (Lipinski definition) is 4. The molecule has 0 radical (unpaired) electrons. The number of nitrogens with two attached hydrogens (primary N) is 1. The molecule has 0 fully saturated rings. The van der Waals surface area contributed by atoms with E-state index in [1.54, 1.807) is 6.07 Å². The Morgan fingerprint density at radius 1 is 1.44 bits per heavy atom. The molecule has 0 aliphatic heterocycles. The Morgan fingerprint density at radius 3 is 2.83 bits per heavy atom. The Balaban J connectivity index is 2.16. The van der Waals surface area contributed by atoms with Gasteiger partial charge in [-0.3, -0.25) is 4.79 Å². The van der Waals surface area contributed by atoms with Crippen molar-refractivity contribution in [1.82, 2.24) is 10.5 Å². The van der Waals surface area contributed by atoms with Gasteiger partial charge < -0.3 is 15.6 Å². The van der Waals surface area contributed by atoms with Gasteiger partial charge in [-0.2, -0.15) is 0 Å². The van der Waals surface area contributed by atoms with Crippen LogP contribution in [0, 0.1) is 0 Å². The predicted octanol–water partition coefficient (Wildman–Crippen LogP) is 1.54. The number of nitrogens with one attached hydrogen (secondary N) is 1. The minimum atomic E-state index is -0.602. The normalized spacial score (nSPS) is 11.8. The number of amides is 1. The molecule has 0 spiro atoms. The predicted molar refractivity (Wildman–Crippen MR) is 67.6 cm³/mol. The zero-order valence-corrected chi connectivity index (χ0v) is 9.67. The Morgan fingerprint density at radius 2 is 2.17 bits per heavy atom. The second-order valence-corrected chi connectivity index (χ2v) is 3.68. The molecule has 1 aromatic heterocycles. The van der Waals surface area contributed by atoms with E-state index in [4.69, 9.17) is 10.3 Å². The molecule has 2 rings (SSSR count). The number of benzene rings is 1. The van der Waals surface area contributed by atoms with Crippen LogP contribution >= 0.6 is 0 Å². The highest BCUT2D eigenvalue weighted by molar-refractivity contribution is 5.93. The molecule has 18 heavy (non-hydrogen) atoms. The van der Waals surface area contributed by atoms with Crippen LogP contribution in [0.3, 0.4) is 0 Å². The van der Waals surface area contributed by atoms with Gasteiger partial charge in [-0.05, 0) is 0 Å². The van der Waals surface area contributed by atoms with Crippen molar-refractivity contribution in [3.8, 4) is 11.3 Å². The summed E-state index contributed by atoms with van der Waals surface area (Å²) in [5.74, 6) is 0.140. The summed E-state index contributed by atoms with van der Waals surface area (Å²) < 4.78 is 5.11. The third-order valence-corrected chi connectivity index (χ3v) is 2.35. The van der Waals surface area contributed by atoms with E-state index >= 15 is 0 Å². The van der Waals surface area contributed by atoms with E-state index in [1.165, 1.54) is 6.08 Å². The summed E-state index contributed by atoms with van der Waals surface area (Å²) in [6, 6.07) is 11.0. The van der Waals surface area contributed by atoms with Gasteiger partial charge in [0.15, 0.2) is 11.5 Å². The van der Waals surface area contributed by atoms with E-state index in [-0.39, 0.29) is 5.69 Å². The van der Waals surface area contributed by atoms with E-state index in [1.807, 2.05) is 30.3 Å². The third-order valence-electron chi connectivity index (χ3n) is 2.35. The van der Waals surface area contributed by atoms with Crippen molar-refractivity contribution < 1.29 is 9.32 Å². The Bertz CT molecular complexity index is 548. The maximum atomic E-state index is 11.7. The molecule has 0 aliphatic rings. The number of carbonyl (C=O) groups is 1. The largest absolute Gasteiger partial charge is 0.355 e. The standard InChI is InChI=1S/C13H13N3O2/c1-2-12(14)15-13(17)10-8-11(18-16-10)9-6-4-3-5-7-9/h2-8,12H,1,14H2,(H,15,17). The monoisotopic (exact) mass is 243 g/mol. The van der Waals surface area contributed by atoms with Gasteiger partial charge in [0.1, 0.15) is 0 Å². The average Bonchev–Trinajstić information content (AvgIpc) is 2.89. The Kier molecular flexibility index (Phi) is 3.54. The molecule has 1 aromatic carbocycles. The number of nitrogens with zero attached hydrogens (tertiary/aromatic N) is 1. The molecule has 1 unspecified atom stereocenters. The molecule has 0 bridgehead atoms. The first-order valence-corrected chi connectivity index (χ1v) is 5.42. The summed E-state index contributed by atoms with van der Waals surface area (Å²) in [7, 11) is 0. The van der Waals surface area contributed by atoms with Crippen LogP contribution in [0.2, 0.25) is 0 Å². The Labute approximate surface area is 104 Å². The lowest BCUT2D eigenvalue weighted by molar-refractivity contribution is 0.0936. The van der Waals surface area contributed by atoms with E-state index in [9.17, 15) is 4.79 Å². The fourth-order valence-electron chi connectivity index (χ4n) is 1.40. The van der Waals surface area contributed by atoms with Gasteiger partial charge in [0, 0.05) is 11.6 Å². The zero-order chi connectivity index (χ0) is 13.0. The number of hydrogen-bond donors (Lipinski definition) is 2. The topological polar surface area (TPSA) is 81.1 Å². The smallest absolute Gasteiger partial charge is 0.274 e. The van der Waals surface area contributed by atoms with Gasteiger partial charge >= 0.3 is 0 Å². The van der Waals surface area contributed by atoms with Crippen molar-refractivity contribution in [1.29, 1.82) is 0 Å². The molecule has 1 heterocycles. The summed E-state index contributed by atoms with van der Waals surface area (Å²) in [5.41, 5.74) is 6.57. The van der Waals surface area contributed by atoms with Gasteiger partial charge in [-0.25, -0.2) is 0 Å². The molecular formula is C13H13N3O2. The van der Waals surface area contributed by atoms with E-state index < -0.39 is 12.1 Å². The minimum absolute atomic E-state index is 0.186. The maximum Gasteiger partial charge on any atom is 0.274 e. The molecule has 0 saturated heterocycles. The average molecular weight is 243 g/mol. The van der Waals surface area contributed by atoms with Crippen LogP contribution in [0.5, 0.6) is 0 Å². The first-order chi connectivity index (χ1) is 8.70. The first-order valence-electron chi connectivity index (χ1n) is 5.42. The van der Waals surface area contributed by atoms with Crippen LogP contribution in [0.1, 0.15) is 10.5 Å². The lowest BCUT2D eigenvalue weighted by Crippen LogP contribution is -2.39. The fourth-order valence-corrected chi connectivity index (χ4v) is 1.40. The van der Waals surface area contributed by atoms with Crippen LogP contribution in [0.15, 0.2) is 53.6 Å². The highest BCUT2D eigenvalue weighted by Crippen LogP contribution is 2.19. The van der Waals surface area contributed by atoms with Gasteiger partial charge in [-0.15, -0.1) is 0 Å². The van der Waals surface area contributed by atoms with E-state index in [2.05, 4.69) is 17.1 Å². The van der Waals surface area contributed by atoms with Crippen molar-refractivity contribution in [3.05, 3.63) is 54.7 Å². The lowest BCUT2D eigenvalue weighted by Gasteiger charge is -2.05. The molecule has 2 aromatic rings. The summed E-state index contributed by atoms with van der Waals surface area (Å²) in [4.78, 5) is 11.7. The van der Waals surface area contributed by atoms with Gasteiger partial charge in [0.2, 0.25) is 0 Å². The third kappa shape index (κ3) is 2.64. The second kappa shape index (κ2) is 5.29. The summed E-state index contributed by atoms with van der Waals surface area (Å²) in [6.45, 7) is 3.48. The summed E-state index contributed by atoms with van der Waals surface area (Å²) >= 11 is 0. The first kappa shape index (κ1) is 12.1. The molecule has 92 valence electrons. The molecule has 3 N–H and O–H groups in total. The molecule has 0 aliphatic carbocycles. The van der Waals surface area contributed by atoms with Crippen molar-refractivity contribution in [3.63, 3.8) is 0 Å². The quantitative estimate of drug-likeness (QED) is 0.630. The van der Waals surface area contributed by atoms with E-state index in [0.717, 1.165) is 5.56 Å². The number of aromatic nitrogens is 1. The molecule has 5 nitrogen and oxygen atoms in total. The molecule has 0 saturated carbocycles. The van der Waals surface area contributed by atoms with Crippen LogP contribution in [0.4, 0.5) is 0 Å². The van der Waals surface area contributed by atoms with Crippen molar-refractivity contribution in [2.75, 3.05) is 0 Å². The van der Waals surface area contributed by atoms with Crippen molar-refractivity contribution in [2.45, 2.75) is 6.17 Å². The van der Waals surface area contributed by atoms with Gasteiger partial charge in [-0.1, -0.05) is 48.1 Å². The number of rotatable bonds is 4. The van der Waals surface area contributed by atoms with Crippen LogP contribution < -0.4 is 11.1 Å². The summed E-state index contributed by atoms with van der Waals surface area (Å²) in [6.07, 6.45) is 0.824. The highest BCUT2D eigenvalue weighted by Gasteiger charge is 2.14. The second-order valence-electron chi connectivity index (χ2n) is 3.68. The lowest BCUT2D eigenvalue weighted by atomic mass is 10.1. The van der Waals surface area contributed by atoms with Gasteiger partial charge in [0.25, 0.3) is 5.91 Å². The minimum Gasteiger partial charge on any atom is -0.355 e. The van der Waals surface area contributed by atoms with Crippen LogP contribution in [0.25, 0.3) is 11.3 Å². The zero-order valence-electron chi connectivity index (χ0n) is 9.67. The molecule has 5 heteroatoms. The van der Waals surface area contributed by atoms with Gasteiger partial charge in [0.05, 0.1) is 6.17 Å².